The third kappa shape index (κ3) is 3.43. The molecule has 0 unspecified atom stereocenters. The number of carbonyl (C=O) groups excluding carboxylic acids is 1. The van der Waals surface area contributed by atoms with E-state index in [2.05, 4.69) is 10.1 Å². The highest BCUT2D eigenvalue weighted by atomic mass is 35.5. The number of nitrogens with zero attached hydrogens (tertiary/aromatic N) is 4. The average Bonchev–Trinajstić information content (AvgIpc) is 2.92. The first-order valence-corrected chi connectivity index (χ1v) is 7.60. The number of carbonyl (C=O) groups is 1. The van der Waals surface area contributed by atoms with Gasteiger partial charge in [0.15, 0.2) is 5.65 Å². The molecule has 6 nitrogen and oxygen atoms in total. The van der Waals surface area contributed by atoms with Gasteiger partial charge in [-0.25, -0.2) is 14.6 Å². The Kier molecular flexibility index (Phi) is 5.52. The van der Waals surface area contributed by atoms with Crippen molar-refractivity contribution in [2.75, 3.05) is 14.2 Å². The van der Waals surface area contributed by atoms with E-state index in [0.29, 0.717) is 21.9 Å². The first-order valence-electron chi connectivity index (χ1n) is 7.22. The molecule has 2 aromatic heterocycles. The lowest BCUT2D eigenvalue weighted by molar-refractivity contribution is -0.0757. The molecule has 2 rings (SSSR count). The fourth-order valence-corrected chi connectivity index (χ4v) is 2.33. The smallest absolute Gasteiger partial charge is 0.274 e. The molecule has 0 atom stereocenters. The molecule has 0 fully saturated rings. The van der Waals surface area contributed by atoms with Gasteiger partial charge in [-0.1, -0.05) is 36.8 Å². The van der Waals surface area contributed by atoms with Gasteiger partial charge in [-0.15, -0.1) is 0 Å². The lowest BCUT2D eigenvalue weighted by atomic mass is 10.0. The number of fused-ring (bicyclic) bond motifs is 1. The molecule has 0 aliphatic carbocycles. The summed E-state index contributed by atoms with van der Waals surface area (Å²) < 4.78 is 1.49. The Balaban J connectivity index is 2.74. The number of hydroxylamine groups is 2. The van der Waals surface area contributed by atoms with Crippen molar-refractivity contribution in [3.63, 3.8) is 0 Å². The Hall–Kier alpha value is -2.18. The van der Waals surface area contributed by atoms with Crippen LogP contribution in [-0.4, -0.2) is 39.7 Å². The number of amides is 1. The first kappa shape index (κ1) is 17.2. The fraction of sp³-hybridized carbons (Fsp3) is 0.312. The van der Waals surface area contributed by atoms with Crippen molar-refractivity contribution in [2.45, 2.75) is 20.3 Å². The molecule has 0 spiro atoms. The van der Waals surface area contributed by atoms with E-state index in [9.17, 15) is 4.79 Å². The maximum atomic E-state index is 12.6. The number of hydrogen-bond acceptors (Lipinski definition) is 4. The molecule has 7 heteroatoms. The van der Waals surface area contributed by atoms with E-state index >= 15 is 0 Å². The third-order valence-electron chi connectivity index (χ3n) is 3.28. The van der Waals surface area contributed by atoms with Gasteiger partial charge < -0.3 is 0 Å². The molecular weight excluding hydrogens is 316 g/mol. The summed E-state index contributed by atoms with van der Waals surface area (Å²) in [5.74, 6) is -0.310. The van der Waals surface area contributed by atoms with Crippen LogP contribution in [0.15, 0.2) is 30.6 Å². The van der Waals surface area contributed by atoms with E-state index in [1.54, 1.807) is 13.2 Å². The van der Waals surface area contributed by atoms with Gasteiger partial charge in [0.1, 0.15) is 5.02 Å². The Morgan fingerprint density at radius 3 is 2.87 bits per heavy atom. The number of rotatable bonds is 5. The summed E-state index contributed by atoms with van der Waals surface area (Å²) >= 11 is 6.12. The number of aromatic nitrogens is 3. The van der Waals surface area contributed by atoms with Crippen LogP contribution in [0.1, 0.15) is 36.3 Å². The molecule has 0 radical (unpaired) electrons. The molecule has 0 bridgehead atoms. The van der Waals surface area contributed by atoms with E-state index in [1.807, 2.05) is 32.1 Å². The normalized spacial score (nSPS) is 12.3. The Labute approximate surface area is 140 Å². The van der Waals surface area contributed by atoms with E-state index in [0.717, 1.165) is 17.1 Å². The van der Waals surface area contributed by atoms with Crippen molar-refractivity contribution in [1.82, 2.24) is 19.7 Å². The van der Waals surface area contributed by atoms with Crippen molar-refractivity contribution in [3.8, 4) is 0 Å². The maximum Gasteiger partial charge on any atom is 0.280 e. The second kappa shape index (κ2) is 7.39. The SMILES string of the molecule is C/C=C\C(=C/CC)c1nc2c(Cl)cnn2cc1C(=O)N(C)OC. The minimum Gasteiger partial charge on any atom is -0.274 e. The van der Waals surface area contributed by atoms with Gasteiger partial charge >= 0.3 is 0 Å². The summed E-state index contributed by atoms with van der Waals surface area (Å²) in [6.07, 6.45) is 9.75. The van der Waals surface area contributed by atoms with Crippen LogP contribution in [0.25, 0.3) is 11.2 Å². The molecule has 0 N–H and O–H groups in total. The molecule has 0 aliphatic rings. The molecule has 0 aromatic carbocycles. The van der Waals surface area contributed by atoms with Crippen molar-refractivity contribution in [2.24, 2.45) is 0 Å². The van der Waals surface area contributed by atoms with Crippen molar-refractivity contribution in [3.05, 3.63) is 46.9 Å². The second-order valence-electron chi connectivity index (χ2n) is 4.82. The number of hydrogen-bond donors (Lipinski definition) is 0. The summed E-state index contributed by atoms with van der Waals surface area (Å²) in [5.41, 5.74) is 2.29. The van der Waals surface area contributed by atoms with Gasteiger partial charge in [0.2, 0.25) is 0 Å². The maximum absolute atomic E-state index is 12.6. The van der Waals surface area contributed by atoms with Gasteiger partial charge in [0, 0.05) is 13.2 Å². The lowest BCUT2D eigenvalue weighted by Gasteiger charge is -2.16. The van der Waals surface area contributed by atoms with Crippen LogP contribution in [0.5, 0.6) is 0 Å². The van der Waals surface area contributed by atoms with Crippen LogP contribution in [0.2, 0.25) is 5.02 Å². The number of halogens is 1. The zero-order valence-corrected chi connectivity index (χ0v) is 14.3. The summed E-state index contributed by atoms with van der Waals surface area (Å²) in [4.78, 5) is 22.2. The van der Waals surface area contributed by atoms with Gasteiger partial charge in [0.05, 0.1) is 24.6 Å². The summed E-state index contributed by atoms with van der Waals surface area (Å²) in [5, 5.41) is 5.69. The molecule has 2 heterocycles. The molecule has 0 saturated heterocycles. The van der Waals surface area contributed by atoms with Gasteiger partial charge in [0.25, 0.3) is 5.91 Å². The molecule has 23 heavy (non-hydrogen) atoms. The molecule has 0 saturated carbocycles. The molecule has 2 aromatic rings. The topological polar surface area (TPSA) is 59.7 Å². The van der Waals surface area contributed by atoms with Crippen LogP contribution >= 0.6 is 11.6 Å². The zero-order chi connectivity index (χ0) is 17.0. The molecule has 1 amide bonds. The van der Waals surface area contributed by atoms with Crippen LogP contribution in [0.4, 0.5) is 0 Å². The Bertz CT molecular complexity index is 780. The second-order valence-corrected chi connectivity index (χ2v) is 5.22. The predicted octanol–water partition coefficient (Wildman–Crippen LogP) is 3.39. The standard InChI is InChI=1S/C16H19ClN4O2/c1-5-7-11(8-6-2)14-12(16(22)20(3)23-4)10-21-15(19-14)13(17)9-18-21/h5,7-10H,6H2,1-4H3/b7-5-,11-8+. The Morgan fingerprint density at radius 1 is 1.52 bits per heavy atom. The highest BCUT2D eigenvalue weighted by Crippen LogP contribution is 2.24. The van der Waals surface area contributed by atoms with Crippen molar-refractivity contribution in [1.29, 1.82) is 0 Å². The zero-order valence-electron chi connectivity index (χ0n) is 13.6. The molecule has 0 aliphatic heterocycles. The minimum atomic E-state index is -0.310. The highest BCUT2D eigenvalue weighted by molar-refractivity contribution is 6.33. The molecule has 122 valence electrons. The lowest BCUT2D eigenvalue weighted by Crippen LogP contribution is -2.27. The third-order valence-corrected chi connectivity index (χ3v) is 3.55. The van der Waals surface area contributed by atoms with Crippen LogP contribution < -0.4 is 0 Å². The van der Waals surface area contributed by atoms with Crippen molar-refractivity contribution >= 4 is 28.7 Å². The molecular formula is C16H19ClN4O2. The average molecular weight is 335 g/mol. The van der Waals surface area contributed by atoms with E-state index in [4.69, 9.17) is 16.4 Å². The van der Waals surface area contributed by atoms with Gasteiger partial charge in [-0.2, -0.15) is 5.10 Å². The number of allylic oxidation sites excluding steroid dienone is 4. The van der Waals surface area contributed by atoms with E-state index in [1.165, 1.54) is 17.8 Å². The summed E-state index contributed by atoms with van der Waals surface area (Å²) in [7, 11) is 2.98. The Morgan fingerprint density at radius 2 is 2.26 bits per heavy atom. The highest BCUT2D eigenvalue weighted by Gasteiger charge is 2.21. The van der Waals surface area contributed by atoms with E-state index < -0.39 is 0 Å². The van der Waals surface area contributed by atoms with Crippen LogP contribution in [0, 0.1) is 0 Å². The predicted molar refractivity (Wildman–Crippen MR) is 90.2 cm³/mol. The summed E-state index contributed by atoms with van der Waals surface area (Å²) in [6, 6.07) is 0. The largest absolute Gasteiger partial charge is 0.280 e. The van der Waals surface area contributed by atoms with Crippen LogP contribution in [0.3, 0.4) is 0 Å². The first-order chi connectivity index (χ1) is 11.0. The van der Waals surface area contributed by atoms with Crippen LogP contribution in [-0.2, 0) is 4.84 Å². The monoisotopic (exact) mass is 334 g/mol. The van der Waals surface area contributed by atoms with Crippen molar-refractivity contribution < 1.29 is 9.63 Å². The van der Waals surface area contributed by atoms with E-state index in [-0.39, 0.29) is 5.91 Å². The van der Waals surface area contributed by atoms with Gasteiger partial charge in [-0.3, -0.25) is 9.63 Å². The fourth-order valence-electron chi connectivity index (χ4n) is 2.16. The minimum absolute atomic E-state index is 0.310. The summed E-state index contributed by atoms with van der Waals surface area (Å²) in [6.45, 7) is 3.94. The van der Waals surface area contributed by atoms with Gasteiger partial charge in [-0.05, 0) is 18.9 Å². The quantitative estimate of drug-likeness (QED) is 0.621.